The van der Waals surface area contributed by atoms with E-state index in [1.807, 2.05) is 0 Å². The van der Waals surface area contributed by atoms with Crippen molar-refractivity contribution in [1.82, 2.24) is 0 Å². The average Bonchev–Trinajstić information content (AvgIpc) is 2.62. The Bertz CT molecular complexity index is 839. The summed E-state index contributed by atoms with van der Waals surface area (Å²) in [5.74, 6) is -5.87. The summed E-state index contributed by atoms with van der Waals surface area (Å²) in [4.78, 5) is 24.0. The van der Waals surface area contributed by atoms with E-state index in [1.54, 1.807) is 0 Å². The van der Waals surface area contributed by atoms with Gasteiger partial charge in [-0.3, -0.25) is 9.59 Å². The molecule has 8 nitrogen and oxygen atoms in total. The van der Waals surface area contributed by atoms with Gasteiger partial charge in [0.25, 0.3) is 0 Å². The molecule has 3 rings (SSSR count). The van der Waals surface area contributed by atoms with Crippen molar-refractivity contribution < 1.29 is 39.5 Å². The van der Waals surface area contributed by atoms with Gasteiger partial charge in [0.2, 0.25) is 0 Å². The minimum absolute atomic E-state index is 0.121. The van der Waals surface area contributed by atoms with Crippen molar-refractivity contribution in [3.05, 3.63) is 47.5 Å². The van der Waals surface area contributed by atoms with Crippen LogP contribution >= 0.6 is 0 Å². The quantitative estimate of drug-likeness (QED) is 0.593. The molecule has 1 aliphatic rings. The number of phenolic OH excluding ortho intramolecular Hbond substituents is 2. The molecule has 0 heterocycles. The second kappa shape index (κ2) is 7.30. The van der Waals surface area contributed by atoms with Gasteiger partial charge in [0.05, 0.1) is 26.1 Å². The lowest BCUT2D eigenvalue weighted by atomic mass is 9.52. The largest absolute Gasteiger partial charge is 0.504 e. The summed E-state index contributed by atoms with van der Waals surface area (Å²) < 4.78 is 10.1. The molecule has 28 heavy (non-hydrogen) atoms. The molecule has 0 spiro atoms. The number of aromatic hydroxyl groups is 2. The lowest BCUT2D eigenvalue weighted by Crippen LogP contribution is -2.50. The van der Waals surface area contributed by atoms with Crippen molar-refractivity contribution in [2.75, 3.05) is 14.2 Å². The molecule has 2 aromatic rings. The molecular formula is C20H20O8. The molecule has 8 heteroatoms. The number of phenols is 2. The van der Waals surface area contributed by atoms with Crippen molar-refractivity contribution in [3.63, 3.8) is 0 Å². The van der Waals surface area contributed by atoms with Crippen molar-refractivity contribution in [3.8, 4) is 23.0 Å². The first-order valence-electron chi connectivity index (χ1n) is 8.49. The third kappa shape index (κ3) is 3.06. The molecule has 0 amide bonds. The fourth-order valence-electron chi connectivity index (χ4n) is 3.99. The molecule has 1 aliphatic carbocycles. The number of rotatable bonds is 6. The number of carboxylic acid groups (broad SMARTS) is 2. The molecule has 0 bridgehead atoms. The van der Waals surface area contributed by atoms with E-state index in [4.69, 9.17) is 9.47 Å². The van der Waals surface area contributed by atoms with Gasteiger partial charge in [-0.15, -0.1) is 0 Å². The summed E-state index contributed by atoms with van der Waals surface area (Å²) in [5.41, 5.74) is 0.910. The monoisotopic (exact) mass is 388 g/mol. The molecule has 0 atom stereocenters. The van der Waals surface area contributed by atoms with Crippen LogP contribution in [0.1, 0.15) is 23.0 Å². The number of methoxy groups -OCH3 is 2. The maximum Gasteiger partial charge on any atom is 0.307 e. The number of aliphatic carboxylic acids is 2. The van der Waals surface area contributed by atoms with E-state index in [9.17, 15) is 30.0 Å². The Labute approximate surface area is 160 Å². The van der Waals surface area contributed by atoms with Gasteiger partial charge in [-0.2, -0.15) is 0 Å². The van der Waals surface area contributed by atoms with Gasteiger partial charge in [0.1, 0.15) is 0 Å². The number of hydrogen-bond acceptors (Lipinski definition) is 6. The topological polar surface area (TPSA) is 134 Å². The van der Waals surface area contributed by atoms with Crippen molar-refractivity contribution in [1.29, 1.82) is 0 Å². The standard InChI is InChI=1S/C20H20O8/c1-27-13-7-9(3-5-11(13)21)15-17(19(23)24)16(18(15)20(25)26)10-4-6-12(22)14(8-10)28-2/h3-8,15-18,21-22H,1-2H3,(H,23,24)(H,25,26)/t15-,16-,17-,18-. The van der Waals surface area contributed by atoms with Crippen LogP contribution in [0.3, 0.4) is 0 Å². The Morgan fingerprint density at radius 1 is 0.750 bits per heavy atom. The van der Waals surface area contributed by atoms with Crippen LogP contribution in [-0.2, 0) is 9.59 Å². The first-order chi connectivity index (χ1) is 13.3. The third-order valence-corrected chi connectivity index (χ3v) is 5.30. The van der Waals surface area contributed by atoms with Crippen molar-refractivity contribution in [2.24, 2.45) is 11.8 Å². The Morgan fingerprint density at radius 2 is 1.11 bits per heavy atom. The predicted octanol–water partition coefficient (Wildman–Crippen LogP) is 2.40. The highest BCUT2D eigenvalue weighted by Gasteiger charge is 2.58. The minimum atomic E-state index is -1.13. The second-order valence-electron chi connectivity index (χ2n) is 6.64. The Morgan fingerprint density at radius 3 is 1.39 bits per heavy atom. The van der Waals surface area contributed by atoms with E-state index in [0.717, 1.165) is 0 Å². The second-order valence-corrected chi connectivity index (χ2v) is 6.64. The maximum atomic E-state index is 12.0. The third-order valence-electron chi connectivity index (χ3n) is 5.30. The Hall–Kier alpha value is -3.42. The van der Waals surface area contributed by atoms with Crippen molar-refractivity contribution in [2.45, 2.75) is 11.8 Å². The van der Waals surface area contributed by atoms with Gasteiger partial charge in [0, 0.05) is 11.8 Å². The molecule has 0 unspecified atom stereocenters. The minimum Gasteiger partial charge on any atom is -0.504 e. The molecule has 0 aliphatic heterocycles. The average molecular weight is 388 g/mol. The predicted molar refractivity (Wildman–Crippen MR) is 97.1 cm³/mol. The number of benzene rings is 2. The van der Waals surface area contributed by atoms with Crippen LogP contribution in [0.2, 0.25) is 0 Å². The lowest BCUT2D eigenvalue weighted by Gasteiger charge is -2.48. The maximum absolute atomic E-state index is 12.0. The highest BCUT2D eigenvalue weighted by atomic mass is 16.5. The van der Waals surface area contributed by atoms with Crippen LogP contribution in [0.15, 0.2) is 36.4 Å². The van der Waals surface area contributed by atoms with E-state index in [2.05, 4.69) is 0 Å². The van der Waals surface area contributed by atoms with Crippen LogP contribution in [-0.4, -0.2) is 46.6 Å². The highest BCUT2D eigenvalue weighted by Crippen LogP contribution is 2.58. The number of carboxylic acids is 2. The molecule has 0 radical (unpaired) electrons. The summed E-state index contributed by atoms with van der Waals surface area (Å²) in [6.07, 6.45) is 0. The number of carbonyl (C=O) groups is 2. The number of ether oxygens (including phenoxy) is 2. The van der Waals surface area contributed by atoms with Crippen LogP contribution in [0.4, 0.5) is 0 Å². The Kier molecular flexibility index (Phi) is 5.04. The summed E-state index contributed by atoms with van der Waals surface area (Å²) >= 11 is 0. The summed E-state index contributed by atoms with van der Waals surface area (Å²) in [6.45, 7) is 0. The number of hydrogen-bond donors (Lipinski definition) is 4. The van der Waals surface area contributed by atoms with Crippen LogP contribution in [0, 0.1) is 11.8 Å². The van der Waals surface area contributed by atoms with Crippen LogP contribution in [0.25, 0.3) is 0 Å². The van der Waals surface area contributed by atoms with E-state index >= 15 is 0 Å². The lowest BCUT2D eigenvalue weighted by molar-refractivity contribution is -0.159. The first kappa shape index (κ1) is 19.3. The van der Waals surface area contributed by atoms with E-state index < -0.39 is 35.6 Å². The molecule has 0 saturated heterocycles. The van der Waals surface area contributed by atoms with Gasteiger partial charge < -0.3 is 29.9 Å². The van der Waals surface area contributed by atoms with Crippen molar-refractivity contribution >= 4 is 11.9 Å². The molecule has 1 saturated carbocycles. The highest BCUT2D eigenvalue weighted by molar-refractivity contribution is 5.83. The zero-order chi connectivity index (χ0) is 20.6. The molecular weight excluding hydrogens is 368 g/mol. The summed E-state index contributed by atoms with van der Waals surface area (Å²) in [7, 11) is 2.71. The molecule has 1 fully saturated rings. The summed E-state index contributed by atoms with van der Waals surface area (Å²) in [5, 5.41) is 39.2. The Balaban J connectivity index is 2.08. The fourth-order valence-corrected chi connectivity index (χ4v) is 3.99. The van der Waals surface area contributed by atoms with Gasteiger partial charge in [-0.05, 0) is 35.4 Å². The van der Waals surface area contributed by atoms with Crippen LogP contribution in [0.5, 0.6) is 23.0 Å². The smallest absolute Gasteiger partial charge is 0.307 e. The summed E-state index contributed by atoms with van der Waals surface area (Å²) in [6, 6.07) is 8.62. The van der Waals surface area contributed by atoms with E-state index in [1.165, 1.54) is 50.6 Å². The van der Waals surface area contributed by atoms with Crippen LogP contribution < -0.4 is 9.47 Å². The fraction of sp³-hybridized carbons (Fsp3) is 0.300. The van der Waals surface area contributed by atoms with Gasteiger partial charge in [0.15, 0.2) is 23.0 Å². The molecule has 0 aromatic heterocycles. The van der Waals surface area contributed by atoms with Gasteiger partial charge >= 0.3 is 11.9 Å². The first-order valence-corrected chi connectivity index (χ1v) is 8.49. The SMILES string of the molecule is COc1cc([C@H]2[C@H](C(=O)O)[C@H](c3ccc(O)c(OC)c3)[C@H]2C(=O)O)ccc1O. The molecule has 148 valence electrons. The zero-order valence-electron chi connectivity index (χ0n) is 15.2. The van der Waals surface area contributed by atoms with E-state index in [0.29, 0.717) is 11.1 Å². The molecule has 2 aromatic carbocycles. The zero-order valence-corrected chi connectivity index (χ0v) is 15.2. The van der Waals surface area contributed by atoms with Gasteiger partial charge in [-0.25, -0.2) is 0 Å². The van der Waals surface area contributed by atoms with E-state index in [-0.39, 0.29) is 23.0 Å². The molecule has 4 N–H and O–H groups in total. The normalized spacial score (nSPS) is 23.5. The van der Waals surface area contributed by atoms with Gasteiger partial charge in [-0.1, -0.05) is 12.1 Å².